The van der Waals surface area contributed by atoms with Gasteiger partial charge in [0.05, 0.1) is 18.8 Å². The average Bonchev–Trinajstić information content (AvgIpc) is 3.16. The molecule has 5 nitrogen and oxygen atoms in total. The minimum Gasteiger partial charge on any atom is -0.365 e. The third-order valence-electron chi connectivity index (χ3n) is 4.99. The Kier molecular flexibility index (Phi) is 5.46. The number of halogens is 1. The molecule has 1 aromatic heterocycles. The number of ether oxygens (including phenoxy) is 1. The molecule has 0 bridgehead atoms. The van der Waals surface area contributed by atoms with Crippen LogP contribution >= 0.6 is 11.6 Å². The van der Waals surface area contributed by atoms with Gasteiger partial charge in [-0.05, 0) is 41.3 Å². The first-order valence-electron chi connectivity index (χ1n) is 9.42. The molecule has 1 atom stereocenters. The van der Waals surface area contributed by atoms with Gasteiger partial charge in [-0.2, -0.15) is 5.10 Å². The Morgan fingerprint density at radius 3 is 2.61 bits per heavy atom. The molecule has 1 amide bonds. The summed E-state index contributed by atoms with van der Waals surface area (Å²) in [5, 5.41) is 8.12. The van der Waals surface area contributed by atoms with Gasteiger partial charge in [0.15, 0.2) is 5.69 Å². The summed E-state index contributed by atoms with van der Waals surface area (Å²) in [5.41, 5.74) is 4.73. The van der Waals surface area contributed by atoms with Crippen LogP contribution in [-0.4, -0.2) is 15.7 Å². The maximum absolute atomic E-state index is 12.5. The monoisotopic (exact) mass is 395 g/mol. The summed E-state index contributed by atoms with van der Waals surface area (Å²) in [6, 6.07) is 17.7. The first-order valence-corrected chi connectivity index (χ1v) is 9.80. The van der Waals surface area contributed by atoms with Crippen LogP contribution in [0.1, 0.15) is 45.9 Å². The summed E-state index contributed by atoms with van der Waals surface area (Å²) in [4.78, 5) is 12.5. The van der Waals surface area contributed by atoms with Gasteiger partial charge in [0.1, 0.15) is 6.10 Å². The van der Waals surface area contributed by atoms with E-state index in [9.17, 15) is 4.79 Å². The van der Waals surface area contributed by atoms with Crippen LogP contribution in [0.2, 0.25) is 5.02 Å². The fourth-order valence-corrected chi connectivity index (χ4v) is 3.41. The smallest absolute Gasteiger partial charge is 0.272 e. The fourth-order valence-electron chi connectivity index (χ4n) is 3.28. The summed E-state index contributed by atoms with van der Waals surface area (Å²) < 4.78 is 7.79. The lowest BCUT2D eigenvalue weighted by Crippen LogP contribution is -2.24. The van der Waals surface area contributed by atoms with Crippen LogP contribution in [0.4, 0.5) is 0 Å². The highest BCUT2D eigenvalue weighted by Crippen LogP contribution is 2.27. The molecule has 2 heterocycles. The van der Waals surface area contributed by atoms with E-state index < -0.39 is 0 Å². The lowest BCUT2D eigenvalue weighted by atomic mass is 10.1. The summed E-state index contributed by atoms with van der Waals surface area (Å²) in [7, 11) is 0. The quantitative estimate of drug-likeness (QED) is 0.700. The van der Waals surface area contributed by atoms with Crippen molar-refractivity contribution < 1.29 is 9.53 Å². The van der Waals surface area contributed by atoms with Gasteiger partial charge < -0.3 is 10.1 Å². The van der Waals surface area contributed by atoms with Crippen molar-refractivity contribution in [1.82, 2.24) is 15.1 Å². The number of carbonyl (C=O) groups excluding carboxylic acids is 1. The Labute approximate surface area is 169 Å². The molecule has 0 fully saturated rings. The highest BCUT2D eigenvalue weighted by atomic mass is 35.5. The number of rotatable bonds is 5. The molecule has 0 saturated heterocycles. The number of aromatic nitrogens is 2. The predicted molar refractivity (Wildman–Crippen MR) is 108 cm³/mol. The van der Waals surface area contributed by atoms with Gasteiger partial charge in [0.25, 0.3) is 5.91 Å². The molecule has 0 saturated carbocycles. The molecule has 0 spiro atoms. The zero-order valence-corrected chi connectivity index (χ0v) is 16.4. The Bertz CT molecular complexity index is 964. The molecule has 1 aliphatic heterocycles. The van der Waals surface area contributed by atoms with Crippen LogP contribution in [0.3, 0.4) is 0 Å². The van der Waals surface area contributed by atoms with E-state index in [4.69, 9.17) is 16.3 Å². The number of hydrogen-bond donors (Lipinski definition) is 1. The van der Waals surface area contributed by atoms with Gasteiger partial charge in [-0.25, -0.2) is 0 Å². The number of aryl methyl sites for hydroxylation is 1. The van der Waals surface area contributed by atoms with E-state index in [1.807, 2.05) is 41.1 Å². The number of nitrogens with zero attached hydrogens (tertiary/aromatic N) is 2. The minimum absolute atomic E-state index is 0.0994. The van der Waals surface area contributed by atoms with Gasteiger partial charge in [-0.3, -0.25) is 9.48 Å². The van der Waals surface area contributed by atoms with E-state index in [0.717, 1.165) is 23.2 Å². The van der Waals surface area contributed by atoms with Gasteiger partial charge >= 0.3 is 0 Å². The number of carbonyl (C=O) groups is 1. The van der Waals surface area contributed by atoms with Crippen molar-refractivity contribution in [1.29, 1.82) is 0 Å². The second-order valence-electron chi connectivity index (χ2n) is 6.91. The number of hydrogen-bond acceptors (Lipinski definition) is 3. The first kappa shape index (κ1) is 18.7. The Hall–Kier alpha value is -2.63. The third-order valence-corrected chi connectivity index (χ3v) is 5.25. The van der Waals surface area contributed by atoms with Crippen LogP contribution in [-0.2, 0) is 30.9 Å². The standard InChI is InChI=1S/C22H22ClN3O2/c1-2-15-3-5-16(6-4-15)12-24-22(27)20-11-19-14-28-21(13-26(19)25-20)17-7-9-18(23)10-8-17/h3-11,21H,2,12-14H2,1H3,(H,24,27)/t21-/m1/s1. The van der Waals surface area contributed by atoms with Crippen LogP contribution < -0.4 is 5.32 Å². The lowest BCUT2D eigenvalue weighted by molar-refractivity contribution is -0.00119. The number of nitrogens with one attached hydrogen (secondary N) is 1. The normalized spacial score (nSPS) is 15.9. The Balaban J connectivity index is 1.40. The van der Waals surface area contributed by atoms with E-state index in [-0.39, 0.29) is 12.0 Å². The van der Waals surface area contributed by atoms with Crippen molar-refractivity contribution >= 4 is 17.5 Å². The van der Waals surface area contributed by atoms with Crippen LogP contribution in [0.15, 0.2) is 54.6 Å². The molecule has 2 aromatic carbocycles. The van der Waals surface area contributed by atoms with Gasteiger partial charge in [-0.15, -0.1) is 0 Å². The van der Waals surface area contributed by atoms with Crippen molar-refractivity contribution in [2.75, 3.05) is 0 Å². The van der Waals surface area contributed by atoms with E-state index in [1.54, 1.807) is 6.07 Å². The Morgan fingerprint density at radius 1 is 1.18 bits per heavy atom. The fraction of sp³-hybridized carbons (Fsp3) is 0.273. The minimum atomic E-state index is -0.176. The molecular weight excluding hydrogens is 374 g/mol. The summed E-state index contributed by atoms with van der Waals surface area (Å²) in [6.45, 7) is 3.60. The highest BCUT2D eigenvalue weighted by Gasteiger charge is 2.24. The van der Waals surface area contributed by atoms with Crippen LogP contribution in [0, 0.1) is 0 Å². The van der Waals surface area contributed by atoms with Gasteiger partial charge in [0, 0.05) is 11.6 Å². The maximum Gasteiger partial charge on any atom is 0.272 e. The molecule has 4 rings (SSSR count). The van der Waals surface area contributed by atoms with E-state index in [1.165, 1.54) is 5.56 Å². The molecular formula is C22H22ClN3O2. The zero-order chi connectivity index (χ0) is 19.5. The molecule has 144 valence electrons. The Morgan fingerprint density at radius 2 is 1.89 bits per heavy atom. The third kappa shape index (κ3) is 4.11. The van der Waals surface area contributed by atoms with Crippen molar-refractivity contribution in [2.24, 2.45) is 0 Å². The molecule has 3 aromatic rings. The molecule has 0 radical (unpaired) electrons. The van der Waals surface area contributed by atoms with Crippen molar-refractivity contribution in [3.63, 3.8) is 0 Å². The van der Waals surface area contributed by atoms with Crippen LogP contribution in [0.5, 0.6) is 0 Å². The summed E-state index contributed by atoms with van der Waals surface area (Å²) >= 11 is 5.96. The summed E-state index contributed by atoms with van der Waals surface area (Å²) in [5.74, 6) is -0.176. The second kappa shape index (κ2) is 8.17. The van der Waals surface area contributed by atoms with Crippen molar-refractivity contribution in [2.45, 2.75) is 39.1 Å². The largest absolute Gasteiger partial charge is 0.365 e. The number of fused-ring (bicyclic) bond motifs is 1. The van der Waals surface area contributed by atoms with E-state index in [0.29, 0.717) is 30.4 Å². The molecule has 28 heavy (non-hydrogen) atoms. The van der Waals surface area contributed by atoms with Gasteiger partial charge in [-0.1, -0.05) is 54.9 Å². The first-order chi connectivity index (χ1) is 13.6. The lowest BCUT2D eigenvalue weighted by Gasteiger charge is -2.24. The number of amides is 1. The maximum atomic E-state index is 12.5. The second-order valence-corrected chi connectivity index (χ2v) is 7.34. The molecule has 1 N–H and O–H groups in total. The molecule has 0 unspecified atom stereocenters. The summed E-state index contributed by atoms with van der Waals surface area (Å²) in [6.07, 6.45) is 0.906. The number of benzene rings is 2. The molecule has 1 aliphatic rings. The van der Waals surface area contributed by atoms with Crippen LogP contribution in [0.25, 0.3) is 0 Å². The molecule has 0 aliphatic carbocycles. The highest BCUT2D eigenvalue weighted by molar-refractivity contribution is 6.30. The SMILES string of the molecule is CCc1ccc(CNC(=O)c2cc3n(n2)C[C@H](c2ccc(Cl)cc2)OC3)cc1. The average molecular weight is 396 g/mol. The van der Waals surface area contributed by atoms with E-state index in [2.05, 4.69) is 29.5 Å². The van der Waals surface area contributed by atoms with Gasteiger partial charge in [0.2, 0.25) is 0 Å². The van der Waals surface area contributed by atoms with E-state index >= 15 is 0 Å². The van der Waals surface area contributed by atoms with Crippen molar-refractivity contribution in [3.8, 4) is 0 Å². The topological polar surface area (TPSA) is 56.2 Å². The molecule has 6 heteroatoms. The predicted octanol–water partition coefficient (Wildman–Crippen LogP) is 4.30. The zero-order valence-electron chi connectivity index (χ0n) is 15.7. The van der Waals surface area contributed by atoms with Crippen molar-refractivity contribution in [3.05, 3.63) is 87.7 Å².